The van der Waals surface area contributed by atoms with Gasteiger partial charge in [-0.3, -0.25) is 4.98 Å². The molecule has 2 aromatic rings. The van der Waals surface area contributed by atoms with E-state index in [1.54, 1.807) is 6.20 Å². The summed E-state index contributed by atoms with van der Waals surface area (Å²) in [5, 5.41) is 8.98. The fourth-order valence-corrected chi connectivity index (χ4v) is 2.51. The number of hydrogen-bond donors (Lipinski definition) is 0. The second-order valence-electron chi connectivity index (χ2n) is 5.70. The summed E-state index contributed by atoms with van der Waals surface area (Å²) in [6.07, 6.45) is 3.15. The first-order chi connectivity index (χ1) is 10.1. The molecule has 0 spiro atoms. The van der Waals surface area contributed by atoms with Gasteiger partial charge in [0.15, 0.2) is 5.69 Å². The number of ether oxygens (including phenoxy) is 1. The molecule has 1 aromatic heterocycles. The van der Waals surface area contributed by atoms with Crippen molar-refractivity contribution in [2.24, 2.45) is 0 Å². The molecule has 0 atom stereocenters. The van der Waals surface area contributed by atoms with E-state index >= 15 is 0 Å². The van der Waals surface area contributed by atoms with Crippen LogP contribution in [0.25, 0.3) is 0 Å². The highest BCUT2D eigenvalue weighted by atomic mass is 16.5. The summed E-state index contributed by atoms with van der Waals surface area (Å²) < 4.78 is 6.10. The van der Waals surface area contributed by atoms with Gasteiger partial charge in [-0.05, 0) is 19.9 Å². The Kier molecular flexibility index (Phi) is 3.22. The molecule has 1 aliphatic heterocycles. The molecule has 0 fully saturated rings. The van der Waals surface area contributed by atoms with Crippen LogP contribution < -0.4 is 9.64 Å². The average Bonchev–Trinajstić information content (AvgIpc) is 2.61. The highest BCUT2D eigenvalue weighted by Gasteiger charge is 2.29. The van der Waals surface area contributed by atoms with E-state index in [1.807, 2.05) is 44.2 Å². The van der Waals surface area contributed by atoms with E-state index in [-0.39, 0.29) is 5.60 Å². The summed E-state index contributed by atoms with van der Waals surface area (Å²) in [4.78, 5) is 10.5. The molecule has 0 radical (unpaired) electrons. The molecular formula is C16H16N4O. The molecule has 5 nitrogen and oxygen atoms in total. The first-order valence-corrected chi connectivity index (χ1v) is 6.81. The molecule has 0 amide bonds. The summed E-state index contributed by atoms with van der Waals surface area (Å²) in [5.41, 5.74) is 1.08. The van der Waals surface area contributed by atoms with Crippen molar-refractivity contribution in [1.29, 1.82) is 5.26 Å². The van der Waals surface area contributed by atoms with Crippen LogP contribution in [0.2, 0.25) is 0 Å². The molecule has 0 saturated heterocycles. The van der Waals surface area contributed by atoms with Crippen molar-refractivity contribution in [3.05, 3.63) is 47.9 Å². The Bertz CT molecular complexity index is 705. The van der Waals surface area contributed by atoms with Gasteiger partial charge in [-0.1, -0.05) is 18.2 Å². The number of fused-ring (bicyclic) bond motifs is 1. The van der Waals surface area contributed by atoms with Crippen LogP contribution in [0.4, 0.5) is 5.82 Å². The quantitative estimate of drug-likeness (QED) is 0.803. The van der Waals surface area contributed by atoms with Crippen molar-refractivity contribution in [3.8, 4) is 11.8 Å². The van der Waals surface area contributed by atoms with Crippen molar-refractivity contribution in [2.45, 2.75) is 26.0 Å². The van der Waals surface area contributed by atoms with E-state index in [2.05, 4.69) is 14.9 Å². The van der Waals surface area contributed by atoms with E-state index in [4.69, 9.17) is 10.00 Å². The fraction of sp³-hybridized carbons (Fsp3) is 0.312. The number of para-hydroxylation sites is 1. The number of rotatable bonds is 1. The number of nitriles is 1. The summed E-state index contributed by atoms with van der Waals surface area (Å²) in [7, 11) is 0. The first-order valence-electron chi connectivity index (χ1n) is 6.81. The van der Waals surface area contributed by atoms with Gasteiger partial charge in [0.05, 0.1) is 18.9 Å². The minimum absolute atomic E-state index is 0.323. The number of hydrogen-bond acceptors (Lipinski definition) is 5. The van der Waals surface area contributed by atoms with Crippen LogP contribution in [0.15, 0.2) is 36.7 Å². The SMILES string of the molecule is CC1(C)CN(c2cncc(C#N)n2)Cc2ccccc2O1. The Morgan fingerprint density at radius 1 is 1.29 bits per heavy atom. The van der Waals surface area contributed by atoms with Gasteiger partial charge in [0, 0.05) is 12.1 Å². The third kappa shape index (κ3) is 2.79. The zero-order valence-corrected chi connectivity index (χ0v) is 12.1. The molecule has 0 unspecified atom stereocenters. The van der Waals surface area contributed by atoms with Gasteiger partial charge in [-0.2, -0.15) is 5.26 Å². The molecular weight excluding hydrogens is 264 g/mol. The third-order valence-electron chi connectivity index (χ3n) is 3.35. The summed E-state index contributed by atoms with van der Waals surface area (Å²) in [6, 6.07) is 10.0. The monoisotopic (exact) mass is 280 g/mol. The van der Waals surface area contributed by atoms with Crippen molar-refractivity contribution in [2.75, 3.05) is 11.4 Å². The Morgan fingerprint density at radius 2 is 2.10 bits per heavy atom. The summed E-state index contributed by atoms with van der Waals surface area (Å²) in [5.74, 6) is 1.59. The van der Waals surface area contributed by atoms with E-state index in [1.165, 1.54) is 6.20 Å². The van der Waals surface area contributed by atoms with E-state index in [0.717, 1.165) is 11.3 Å². The maximum Gasteiger partial charge on any atom is 0.161 e. The Labute approximate surface area is 123 Å². The lowest BCUT2D eigenvalue weighted by Crippen LogP contribution is -2.41. The molecule has 0 bridgehead atoms. The predicted molar refractivity (Wildman–Crippen MR) is 78.9 cm³/mol. The number of benzene rings is 1. The normalized spacial score (nSPS) is 16.3. The van der Waals surface area contributed by atoms with Crippen LogP contribution >= 0.6 is 0 Å². The molecule has 0 N–H and O–H groups in total. The van der Waals surface area contributed by atoms with Crippen LogP contribution in [0, 0.1) is 11.3 Å². The maximum absolute atomic E-state index is 8.98. The van der Waals surface area contributed by atoms with Gasteiger partial charge in [-0.25, -0.2) is 4.98 Å². The van der Waals surface area contributed by atoms with Crippen molar-refractivity contribution in [3.63, 3.8) is 0 Å². The molecule has 0 aliphatic carbocycles. The van der Waals surface area contributed by atoms with Crippen LogP contribution in [0.5, 0.6) is 5.75 Å². The Hall–Kier alpha value is -2.61. The second-order valence-corrected chi connectivity index (χ2v) is 5.70. The molecule has 2 heterocycles. The molecule has 1 aromatic carbocycles. The Morgan fingerprint density at radius 3 is 2.90 bits per heavy atom. The number of aromatic nitrogens is 2. The van der Waals surface area contributed by atoms with Crippen LogP contribution in [0.3, 0.4) is 0 Å². The molecule has 106 valence electrons. The van der Waals surface area contributed by atoms with Gasteiger partial charge in [0.2, 0.25) is 0 Å². The maximum atomic E-state index is 8.98. The predicted octanol–water partition coefficient (Wildman–Crippen LogP) is 2.53. The Balaban J connectivity index is 2.01. The minimum atomic E-state index is -0.350. The smallest absolute Gasteiger partial charge is 0.161 e. The van der Waals surface area contributed by atoms with Crippen LogP contribution in [0.1, 0.15) is 25.1 Å². The van der Waals surface area contributed by atoms with Gasteiger partial charge in [-0.15, -0.1) is 0 Å². The van der Waals surface area contributed by atoms with Crippen molar-refractivity contribution < 1.29 is 4.74 Å². The summed E-state index contributed by atoms with van der Waals surface area (Å²) >= 11 is 0. The molecule has 1 aliphatic rings. The number of nitrogens with zero attached hydrogens (tertiary/aromatic N) is 4. The highest BCUT2D eigenvalue weighted by molar-refractivity contribution is 5.45. The molecule has 21 heavy (non-hydrogen) atoms. The molecule has 3 rings (SSSR count). The lowest BCUT2D eigenvalue weighted by atomic mass is 10.1. The van der Waals surface area contributed by atoms with Gasteiger partial charge < -0.3 is 9.64 Å². The largest absolute Gasteiger partial charge is 0.486 e. The van der Waals surface area contributed by atoms with Crippen LogP contribution in [-0.2, 0) is 6.54 Å². The standard InChI is InChI=1S/C16H16N4O/c1-16(2)11-20(15-9-18-8-13(7-17)19-15)10-12-5-3-4-6-14(12)21-16/h3-6,8-9H,10-11H2,1-2H3. The lowest BCUT2D eigenvalue weighted by Gasteiger charge is -2.30. The zero-order valence-electron chi connectivity index (χ0n) is 12.1. The molecule has 5 heteroatoms. The van der Waals surface area contributed by atoms with Crippen LogP contribution in [-0.4, -0.2) is 22.1 Å². The van der Waals surface area contributed by atoms with Crippen molar-refractivity contribution >= 4 is 5.82 Å². The average molecular weight is 280 g/mol. The lowest BCUT2D eigenvalue weighted by molar-refractivity contribution is 0.121. The van der Waals surface area contributed by atoms with E-state index in [0.29, 0.717) is 24.6 Å². The topological polar surface area (TPSA) is 62.0 Å². The van der Waals surface area contributed by atoms with E-state index in [9.17, 15) is 0 Å². The van der Waals surface area contributed by atoms with Crippen molar-refractivity contribution in [1.82, 2.24) is 9.97 Å². The third-order valence-corrected chi connectivity index (χ3v) is 3.35. The highest BCUT2D eigenvalue weighted by Crippen LogP contribution is 2.30. The van der Waals surface area contributed by atoms with E-state index < -0.39 is 0 Å². The summed E-state index contributed by atoms with van der Waals surface area (Å²) in [6.45, 7) is 5.45. The first kappa shape index (κ1) is 13.4. The van der Waals surface area contributed by atoms with Gasteiger partial charge in [0.1, 0.15) is 23.2 Å². The fourth-order valence-electron chi connectivity index (χ4n) is 2.51. The zero-order chi connectivity index (χ0) is 14.9. The number of anilines is 1. The second kappa shape index (κ2) is 5.06. The van der Waals surface area contributed by atoms with Gasteiger partial charge in [0.25, 0.3) is 0 Å². The van der Waals surface area contributed by atoms with Gasteiger partial charge >= 0.3 is 0 Å². The minimum Gasteiger partial charge on any atom is -0.486 e. The molecule has 0 saturated carbocycles.